The number of piperidine rings is 1. The molecule has 1 fully saturated rings. The molecule has 2 heterocycles. The lowest BCUT2D eigenvalue weighted by atomic mass is 10.0. The van der Waals surface area contributed by atoms with Gasteiger partial charge in [0.25, 0.3) is 0 Å². The second-order valence-electron chi connectivity index (χ2n) is 6.71. The van der Waals surface area contributed by atoms with Crippen molar-refractivity contribution in [2.75, 3.05) is 19.6 Å². The maximum absolute atomic E-state index is 12.4. The molecule has 6 nitrogen and oxygen atoms in total. The third-order valence-electron chi connectivity index (χ3n) is 5.11. The Kier molecular flexibility index (Phi) is 4.82. The predicted molar refractivity (Wildman–Crippen MR) is 101 cm³/mol. The summed E-state index contributed by atoms with van der Waals surface area (Å²) < 4.78 is 1.90. The quantitative estimate of drug-likeness (QED) is 0.787. The van der Waals surface area contributed by atoms with Crippen LogP contribution >= 0.6 is 0 Å². The lowest BCUT2D eigenvalue weighted by molar-refractivity contribution is 0.169. The van der Waals surface area contributed by atoms with E-state index < -0.39 is 0 Å². The molecular weight excluding hydrogens is 326 g/mol. The molecule has 1 N–H and O–H groups in total. The maximum atomic E-state index is 12.4. The van der Waals surface area contributed by atoms with Gasteiger partial charge in [0.2, 0.25) is 0 Å². The molecule has 1 aliphatic rings. The molecule has 0 aliphatic carbocycles. The van der Waals surface area contributed by atoms with Gasteiger partial charge in [0.1, 0.15) is 12.7 Å². The van der Waals surface area contributed by atoms with Crippen LogP contribution in [-0.2, 0) is 6.42 Å². The molecule has 2 amide bonds. The lowest BCUT2D eigenvalue weighted by Gasteiger charge is -2.31. The van der Waals surface area contributed by atoms with Gasteiger partial charge >= 0.3 is 6.03 Å². The highest BCUT2D eigenvalue weighted by atomic mass is 16.2. The molecule has 0 atom stereocenters. The fourth-order valence-electron chi connectivity index (χ4n) is 3.67. The van der Waals surface area contributed by atoms with E-state index in [9.17, 15) is 4.79 Å². The molecule has 4 rings (SSSR count). The highest BCUT2D eigenvalue weighted by molar-refractivity contribution is 5.85. The average molecular weight is 349 g/mol. The minimum atomic E-state index is 0.0299. The molecule has 1 saturated heterocycles. The number of nitrogens with zero attached hydrogens (tertiary/aromatic N) is 4. The molecule has 0 bridgehead atoms. The molecule has 6 heteroatoms. The Bertz CT molecular complexity index is 864. The van der Waals surface area contributed by atoms with Crippen molar-refractivity contribution < 1.29 is 4.79 Å². The second kappa shape index (κ2) is 7.56. The van der Waals surface area contributed by atoms with Gasteiger partial charge in [0, 0.05) is 19.6 Å². The number of hydrogen-bond donors (Lipinski definition) is 1. The van der Waals surface area contributed by atoms with Crippen LogP contribution < -0.4 is 5.32 Å². The topological polar surface area (TPSA) is 63.1 Å². The van der Waals surface area contributed by atoms with Crippen molar-refractivity contribution in [1.29, 1.82) is 0 Å². The highest BCUT2D eigenvalue weighted by Crippen LogP contribution is 2.21. The Hall–Kier alpha value is -2.89. The van der Waals surface area contributed by atoms with Crippen LogP contribution in [0.1, 0.15) is 24.4 Å². The zero-order valence-corrected chi connectivity index (χ0v) is 14.7. The smallest absolute Gasteiger partial charge is 0.317 e. The van der Waals surface area contributed by atoms with Crippen molar-refractivity contribution in [3.63, 3.8) is 0 Å². The SMILES string of the molecule is O=C(NCCc1cccc2ccccc12)N1CCC(n2cncn2)CC1. The van der Waals surface area contributed by atoms with Crippen molar-refractivity contribution in [3.05, 3.63) is 60.7 Å². The van der Waals surface area contributed by atoms with E-state index >= 15 is 0 Å². The Morgan fingerprint density at radius 1 is 1.12 bits per heavy atom. The van der Waals surface area contributed by atoms with E-state index in [1.807, 2.05) is 9.58 Å². The van der Waals surface area contributed by atoms with Gasteiger partial charge in [-0.05, 0) is 35.6 Å². The predicted octanol–water partition coefficient (Wildman–Crippen LogP) is 3.02. The van der Waals surface area contributed by atoms with Crippen molar-refractivity contribution >= 4 is 16.8 Å². The van der Waals surface area contributed by atoms with E-state index in [0.717, 1.165) is 32.4 Å². The van der Waals surface area contributed by atoms with Crippen LogP contribution in [0.25, 0.3) is 10.8 Å². The first-order chi connectivity index (χ1) is 12.8. The van der Waals surface area contributed by atoms with E-state index in [0.29, 0.717) is 12.6 Å². The van der Waals surface area contributed by atoms with Gasteiger partial charge in [-0.25, -0.2) is 14.5 Å². The van der Waals surface area contributed by atoms with E-state index in [2.05, 4.69) is 57.9 Å². The Labute approximate surface area is 152 Å². The van der Waals surface area contributed by atoms with Crippen molar-refractivity contribution in [2.45, 2.75) is 25.3 Å². The van der Waals surface area contributed by atoms with Gasteiger partial charge in [0.15, 0.2) is 0 Å². The molecule has 26 heavy (non-hydrogen) atoms. The zero-order valence-electron chi connectivity index (χ0n) is 14.7. The highest BCUT2D eigenvalue weighted by Gasteiger charge is 2.23. The summed E-state index contributed by atoms with van der Waals surface area (Å²) in [6, 6.07) is 15.1. The van der Waals surface area contributed by atoms with Crippen LogP contribution in [0.4, 0.5) is 4.79 Å². The van der Waals surface area contributed by atoms with Crippen LogP contribution in [0.5, 0.6) is 0 Å². The fraction of sp³-hybridized carbons (Fsp3) is 0.350. The molecule has 0 spiro atoms. The first-order valence-electron chi connectivity index (χ1n) is 9.15. The molecule has 1 aliphatic heterocycles. The van der Waals surface area contributed by atoms with Crippen LogP contribution in [-0.4, -0.2) is 45.3 Å². The summed E-state index contributed by atoms with van der Waals surface area (Å²) in [5.74, 6) is 0. The van der Waals surface area contributed by atoms with E-state index in [4.69, 9.17) is 0 Å². The molecule has 0 radical (unpaired) electrons. The number of carbonyl (C=O) groups excluding carboxylic acids is 1. The average Bonchev–Trinajstić information content (AvgIpc) is 3.23. The molecule has 0 unspecified atom stereocenters. The molecular formula is C20H23N5O. The standard InChI is InChI=1S/C20H23N5O/c26-20(24-12-9-18(10-13-24)25-15-21-14-23-25)22-11-8-17-6-3-5-16-4-1-2-7-19(16)17/h1-7,14-15,18H,8-13H2,(H,22,26). The third kappa shape index (κ3) is 3.54. The van der Waals surface area contributed by atoms with Crippen molar-refractivity contribution in [3.8, 4) is 0 Å². The summed E-state index contributed by atoms with van der Waals surface area (Å²) in [5, 5.41) is 9.78. The number of fused-ring (bicyclic) bond motifs is 1. The first kappa shape index (κ1) is 16.6. The van der Waals surface area contributed by atoms with Gasteiger partial charge < -0.3 is 10.2 Å². The Morgan fingerprint density at radius 2 is 1.92 bits per heavy atom. The van der Waals surface area contributed by atoms with Crippen molar-refractivity contribution in [2.24, 2.45) is 0 Å². The number of urea groups is 1. The lowest BCUT2D eigenvalue weighted by Crippen LogP contribution is -2.45. The molecule has 134 valence electrons. The second-order valence-corrected chi connectivity index (χ2v) is 6.71. The minimum Gasteiger partial charge on any atom is -0.338 e. The monoisotopic (exact) mass is 349 g/mol. The van der Waals surface area contributed by atoms with Crippen LogP contribution in [0, 0.1) is 0 Å². The van der Waals surface area contributed by atoms with E-state index in [1.54, 1.807) is 12.7 Å². The van der Waals surface area contributed by atoms with Gasteiger partial charge in [-0.15, -0.1) is 0 Å². The number of benzene rings is 2. The Balaban J connectivity index is 1.28. The minimum absolute atomic E-state index is 0.0299. The largest absolute Gasteiger partial charge is 0.338 e. The number of aromatic nitrogens is 3. The number of hydrogen-bond acceptors (Lipinski definition) is 3. The number of carbonyl (C=O) groups is 1. The summed E-state index contributed by atoms with van der Waals surface area (Å²) in [6.45, 7) is 2.16. The summed E-state index contributed by atoms with van der Waals surface area (Å²) in [6.07, 6.45) is 5.99. The van der Waals surface area contributed by atoms with Gasteiger partial charge in [-0.1, -0.05) is 42.5 Å². The van der Waals surface area contributed by atoms with E-state index in [-0.39, 0.29) is 6.03 Å². The molecule has 2 aromatic carbocycles. The molecule has 3 aromatic rings. The van der Waals surface area contributed by atoms with Crippen LogP contribution in [0.15, 0.2) is 55.1 Å². The molecule has 1 aromatic heterocycles. The summed E-state index contributed by atoms with van der Waals surface area (Å²) in [4.78, 5) is 18.3. The summed E-state index contributed by atoms with van der Waals surface area (Å²) >= 11 is 0. The molecule has 0 saturated carbocycles. The number of rotatable bonds is 4. The maximum Gasteiger partial charge on any atom is 0.317 e. The number of likely N-dealkylation sites (tertiary alicyclic amines) is 1. The summed E-state index contributed by atoms with van der Waals surface area (Å²) in [5.41, 5.74) is 1.27. The van der Waals surface area contributed by atoms with Gasteiger partial charge in [-0.3, -0.25) is 0 Å². The fourth-order valence-corrected chi connectivity index (χ4v) is 3.67. The number of amides is 2. The van der Waals surface area contributed by atoms with Crippen molar-refractivity contribution in [1.82, 2.24) is 25.0 Å². The van der Waals surface area contributed by atoms with Gasteiger partial charge in [-0.2, -0.15) is 5.10 Å². The van der Waals surface area contributed by atoms with Gasteiger partial charge in [0.05, 0.1) is 6.04 Å². The first-order valence-corrected chi connectivity index (χ1v) is 9.15. The third-order valence-corrected chi connectivity index (χ3v) is 5.11. The van der Waals surface area contributed by atoms with E-state index in [1.165, 1.54) is 16.3 Å². The normalized spacial score (nSPS) is 15.3. The summed E-state index contributed by atoms with van der Waals surface area (Å²) in [7, 11) is 0. The Morgan fingerprint density at radius 3 is 2.73 bits per heavy atom. The zero-order chi connectivity index (χ0) is 17.8. The van der Waals surface area contributed by atoms with Crippen LogP contribution in [0.2, 0.25) is 0 Å². The number of nitrogens with one attached hydrogen (secondary N) is 1. The van der Waals surface area contributed by atoms with Crippen LogP contribution in [0.3, 0.4) is 0 Å².